The highest BCUT2D eigenvalue weighted by Crippen LogP contribution is 2.31. The molecular weight excluding hydrogens is 294 g/mol. The van der Waals surface area contributed by atoms with Crippen LogP contribution in [-0.4, -0.2) is 20.1 Å². The molecule has 1 heterocycles. The summed E-state index contributed by atoms with van der Waals surface area (Å²) in [5.41, 5.74) is 2.36. The third kappa shape index (κ3) is 3.25. The zero-order chi connectivity index (χ0) is 16.5. The summed E-state index contributed by atoms with van der Waals surface area (Å²) in [5.74, 6) is 0.0944. The van der Waals surface area contributed by atoms with Gasteiger partial charge in [-0.1, -0.05) is 39.5 Å². The predicted molar refractivity (Wildman–Crippen MR) is 94.0 cm³/mol. The molecule has 0 spiro atoms. The lowest BCUT2D eigenvalue weighted by molar-refractivity contribution is 0.395. The summed E-state index contributed by atoms with van der Waals surface area (Å²) in [6, 6.07) is 5.52. The van der Waals surface area contributed by atoms with E-state index in [0.717, 1.165) is 16.0 Å². The van der Waals surface area contributed by atoms with Gasteiger partial charge in [-0.25, -0.2) is 0 Å². The number of benzene rings is 1. The fourth-order valence-electron chi connectivity index (χ4n) is 2.12. The van der Waals surface area contributed by atoms with Crippen molar-refractivity contribution in [1.29, 1.82) is 0 Å². The van der Waals surface area contributed by atoms with Crippen molar-refractivity contribution >= 4 is 29.4 Å². The monoisotopic (exact) mass is 315 g/mol. The summed E-state index contributed by atoms with van der Waals surface area (Å²) >= 11 is 4.29. The second-order valence-corrected chi connectivity index (χ2v) is 6.64. The van der Waals surface area contributed by atoms with Gasteiger partial charge < -0.3 is 5.11 Å². The van der Waals surface area contributed by atoms with Gasteiger partial charge in [0.15, 0.2) is 0 Å². The molecular formula is C17H21N3OS. The number of hydrogen-bond acceptors (Lipinski definition) is 4. The van der Waals surface area contributed by atoms with Gasteiger partial charge in [0.05, 0.1) is 0 Å². The molecule has 0 unspecified atom stereocenters. The van der Waals surface area contributed by atoms with E-state index in [1.165, 1.54) is 4.80 Å². The van der Waals surface area contributed by atoms with Crippen molar-refractivity contribution in [3.8, 4) is 0 Å². The van der Waals surface area contributed by atoms with Gasteiger partial charge in [0, 0.05) is 10.5 Å². The van der Waals surface area contributed by atoms with Gasteiger partial charge in [-0.15, -0.1) is 27.6 Å². The number of aromatic nitrogens is 3. The van der Waals surface area contributed by atoms with Crippen LogP contribution in [0.5, 0.6) is 0 Å². The summed E-state index contributed by atoms with van der Waals surface area (Å²) in [7, 11) is 0. The van der Waals surface area contributed by atoms with Crippen molar-refractivity contribution in [3.63, 3.8) is 0 Å². The molecule has 0 aliphatic heterocycles. The Hall–Kier alpha value is -2.01. The standard InChI is InChI=1S/C17H21N3OS/c1-6-7-13(17(3,4)5)16(21)11(2)20-18-14-9-8-12(22)10-15(14)19-20/h6-10,21-22H,2H2,1,3-5H3/b7-6+,16-13-. The Morgan fingerprint density at radius 3 is 2.50 bits per heavy atom. The normalized spacial score (nSPS) is 13.7. The molecule has 0 amide bonds. The third-order valence-corrected chi connectivity index (χ3v) is 3.55. The van der Waals surface area contributed by atoms with Crippen LogP contribution in [-0.2, 0) is 0 Å². The van der Waals surface area contributed by atoms with E-state index in [0.29, 0.717) is 11.2 Å². The number of fused-ring (bicyclic) bond motifs is 1. The van der Waals surface area contributed by atoms with E-state index in [1.54, 1.807) is 0 Å². The van der Waals surface area contributed by atoms with Crippen LogP contribution in [0, 0.1) is 5.41 Å². The SMILES string of the molecule is C=C(/C(O)=C(\C=C\C)C(C)(C)C)n1nc2ccc(S)cc2n1. The molecule has 2 rings (SSSR count). The second-order valence-electron chi connectivity index (χ2n) is 6.12. The smallest absolute Gasteiger partial charge is 0.146 e. The Morgan fingerprint density at radius 1 is 1.27 bits per heavy atom. The summed E-state index contributed by atoms with van der Waals surface area (Å²) in [5, 5.41) is 19.3. The van der Waals surface area contributed by atoms with Crippen LogP contribution in [0.3, 0.4) is 0 Å². The topological polar surface area (TPSA) is 50.9 Å². The van der Waals surface area contributed by atoms with E-state index in [4.69, 9.17) is 0 Å². The van der Waals surface area contributed by atoms with Crippen molar-refractivity contribution in [2.45, 2.75) is 32.6 Å². The molecule has 0 atom stereocenters. The van der Waals surface area contributed by atoms with Crippen molar-refractivity contribution in [2.24, 2.45) is 5.41 Å². The molecule has 0 radical (unpaired) electrons. The van der Waals surface area contributed by atoms with Crippen molar-refractivity contribution < 1.29 is 5.11 Å². The van der Waals surface area contributed by atoms with Crippen LogP contribution < -0.4 is 0 Å². The summed E-state index contributed by atoms with van der Waals surface area (Å²) in [6.07, 6.45) is 3.78. The summed E-state index contributed by atoms with van der Waals surface area (Å²) in [6.45, 7) is 12.0. The number of thiol groups is 1. The Kier molecular flexibility index (Phi) is 4.47. The van der Waals surface area contributed by atoms with E-state index in [9.17, 15) is 5.11 Å². The number of rotatable bonds is 3. The van der Waals surface area contributed by atoms with Crippen molar-refractivity contribution in [3.05, 3.63) is 48.3 Å². The molecule has 0 saturated heterocycles. The maximum absolute atomic E-state index is 10.6. The fraction of sp³-hybridized carbons (Fsp3) is 0.294. The average molecular weight is 315 g/mol. The summed E-state index contributed by atoms with van der Waals surface area (Å²) in [4.78, 5) is 2.18. The first-order valence-corrected chi connectivity index (χ1v) is 7.51. The highest BCUT2D eigenvalue weighted by molar-refractivity contribution is 7.80. The molecule has 0 bridgehead atoms. The van der Waals surface area contributed by atoms with Crippen LogP contribution in [0.1, 0.15) is 27.7 Å². The minimum absolute atomic E-state index is 0.0944. The molecule has 0 saturated carbocycles. The number of allylic oxidation sites excluding steroid dienone is 4. The molecule has 116 valence electrons. The van der Waals surface area contributed by atoms with Gasteiger partial charge in [0.25, 0.3) is 0 Å². The van der Waals surface area contributed by atoms with E-state index in [2.05, 4.69) is 29.4 Å². The summed E-state index contributed by atoms with van der Waals surface area (Å²) < 4.78 is 0. The molecule has 0 fully saturated rings. The number of aliphatic hydroxyl groups is 1. The molecule has 2 aromatic rings. The molecule has 0 aliphatic carbocycles. The lowest BCUT2D eigenvalue weighted by atomic mass is 9.85. The van der Waals surface area contributed by atoms with Gasteiger partial charge in [0.1, 0.15) is 22.5 Å². The lowest BCUT2D eigenvalue weighted by Crippen LogP contribution is -2.13. The first kappa shape index (κ1) is 16.4. The molecule has 1 aromatic heterocycles. The van der Waals surface area contributed by atoms with Crippen LogP contribution in [0.15, 0.2) is 53.2 Å². The van der Waals surface area contributed by atoms with Gasteiger partial charge in [-0.3, -0.25) is 0 Å². The van der Waals surface area contributed by atoms with E-state index >= 15 is 0 Å². The highest BCUT2D eigenvalue weighted by atomic mass is 32.1. The molecule has 22 heavy (non-hydrogen) atoms. The largest absolute Gasteiger partial charge is 0.505 e. The van der Waals surface area contributed by atoms with Crippen LogP contribution in [0.2, 0.25) is 0 Å². The first-order valence-electron chi connectivity index (χ1n) is 7.06. The van der Waals surface area contributed by atoms with E-state index < -0.39 is 0 Å². The first-order chi connectivity index (χ1) is 10.2. The van der Waals surface area contributed by atoms with Crippen molar-refractivity contribution in [2.75, 3.05) is 0 Å². The average Bonchev–Trinajstić information content (AvgIpc) is 2.84. The van der Waals surface area contributed by atoms with Crippen LogP contribution in [0.25, 0.3) is 16.7 Å². The predicted octanol–water partition coefficient (Wildman–Crippen LogP) is 4.63. The quantitative estimate of drug-likeness (QED) is 0.493. The zero-order valence-electron chi connectivity index (χ0n) is 13.3. The third-order valence-electron chi connectivity index (χ3n) is 3.28. The molecule has 4 nitrogen and oxygen atoms in total. The maximum Gasteiger partial charge on any atom is 0.146 e. The number of hydrogen-bond donors (Lipinski definition) is 2. The Morgan fingerprint density at radius 2 is 1.91 bits per heavy atom. The Bertz CT molecular complexity index is 779. The van der Waals surface area contributed by atoms with Crippen LogP contribution >= 0.6 is 12.6 Å². The number of nitrogens with zero attached hydrogens (tertiary/aromatic N) is 3. The van der Waals surface area contributed by atoms with Gasteiger partial charge >= 0.3 is 0 Å². The fourth-order valence-corrected chi connectivity index (χ4v) is 2.32. The number of aliphatic hydroxyl groups excluding tert-OH is 1. The molecule has 1 aromatic carbocycles. The molecule has 0 aliphatic rings. The van der Waals surface area contributed by atoms with E-state index in [1.807, 2.05) is 58.0 Å². The van der Waals surface area contributed by atoms with E-state index in [-0.39, 0.29) is 11.2 Å². The zero-order valence-corrected chi connectivity index (χ0v) is 14.2. The maximum atomic E-state index is 10.6. The minimum Gasteiger partial charge on any atom is -0.505 e. The van der Waals surface area contributed by atoms with Gasteiger partial charge in [0.2, 0.25) is 0 Å². The van der Waals surface area contributed by atoms with Gasteiger partial charge in [-0.05, 0) is 30.5 Å². The lowest BCUT2D eigenvalue weighted by Gasteiger charge is -2.22. The van der Waals surface area contributed by atoms with Crippen molar-refractivity contribution in [1.82, 2.24) is 15.0 Å². The minimum atomic E-state index is -0.218. The molecule has 1 N–H and O–H groups in total. The second kappa shape index (κ2) is 6.01. The Labute approximate surface area is 136 Å². The highest BCUT2D eigenvalue weighted by Gasteiger charge is 2.22. The van der Waals surface area contributed by atoms with Crippen LogP contribution in [0.4, 0.5) is 0 Å². The molecule has 5 heteroatoms. The van der Waals surface area contributed by atoms with Gasteiger partial charge in [-0.2, -0.15) is 0 Å². The Balaban J connectivity index is 2.52.